The number of carbonyl (C=O) groups is 3. The molecule has 210 valence electrons. The highest BCUT2D eigenvalue weighted by Gasteiger charge is 2.74. The fourth-order valence-corrected chi connectivity index (χ4v) is 7.02. The molecule has 0 aliphatic carbocycles. The maximum atomic E-state index is 14.6. The smallest absolute Gasteiger partial charge is 0.313 e. The summed E-state index contributed by atoms with van der Waals surface area (Å²) in [4.78, 5) is 45.7. The second kappa shape index (κ2) is 10.5. The van der Waals surface area contributed by atoms with Gasteiger partial charge >= 0.3 is 5.97 Å². The Hall–Kier alpha value is -3.49. The Labute approximate surface area is 234 Å². The molecule has 0 aromatic heterocycles. The van der Waals surface area contributed by atoms with E-state index in [9.17, 15) is 19.5 Å². The van der Waals surface area contributed by atoms with Crippen molar-refractivity contribution in [3.8, 4) is 0 Å². The first kappa shape index (κ1) is 26.7. The van der Waals surface area contributed by atoms with E-state index in [4.69, 9.17) is 9.47 Å². The molecule has 1 spiro atoms. The molecule has 5 atom stereocenters. The first-order valence-electron chi connectivity index (χ1n) is 14.3. The summed E-state index contributed by atoms with van der Waals surface area (Å²) in [5.74, 6) is -2.70. The van der Waals surface area contributed by atoms with Gasteiger partial charge in [-0.3, -0.25) is 14.4 Å². The average Bonchev–Trinajstić information content (AvgIpc) is 3.29. The summed E-state index contributed by atoms with van der Waals surface area (Å²) in [5, 5.41) is 11.4. The summed E-state index contributed by atoms with van der Waals surface area (Å²) < 4.78 is 12.5. The molecule has 1 unspecified atom stereocenters. The number of rotatable bonds is 6. The first-order valence-corrected chi connectivity index (χ1v) is 14.3. The van der Waals surface area contributed by atoms with Crippen molar-refractivity contribution >= 4 is 34.2 Å². The van der Waals surface area contributed by atoms with Crippen molar-refractivity contribution in [1.82, 2.24) is 4.90 Å². The molecule has 4 aliphatic rings. The van der Waals surface area contributed by atoms with Crippen LogP contribution in [0.15, 0.2) is 66.8 Å². The summed E-state index contributed by atoms with van der Waals surface area (Å²) in [6.45, 7) is 2.84. The summed E-state index contributed by atoms with van der Waals surface area (Å²) in [7, 11) is 0. The van der Waals surface area contributed by atoms with Crippen LogP contribution >= 0.6 is 0 Å². The van der Waals surface area contributed by atoms with Crippen molar-refractivity contribution in [1.29, 1.82) is 0 Å². The van der Waals surface area contributed by atoms with Gasteiger partial charge in [0, 0.05) is 25.4 Å². The Bertz CT molecular complexity index is 1390. The molecule has 2 fully saturated rings. The van der Waals surface area contributed by atoms with Crippen molar-refractivity contribution in [2.24, 2.45) is 11.8 Å². The van der Waals surface area contributed by atoms with Gasteiger partial charge in [0.2, 0.25) is 5.91 Å². The maximum absolute atomic E-state index is 14.6. The van der Waals surface area contributed by atoms with Crippen LogP contribution in [0, 0.1) is 11.8 Å². The number of fused-ring (bicyclic) bond motifs is 3. The number of carbonyl (C=O) groups excluding carboxylic acids is 3. The van der Waals surface area contributed by atoms with Crippen molar-refractivity contribution in [3.63, 3.8) is 0 Å². The van der Waals surface area contributed by atoms with Gasteiger partial charge < -0.3 is 24.4 Å². The molecule has 0 bridgehead atoms. The number of cyclic esters (lactones) is 1. The third-order valence-electron chi connectivity index (χ3n) is 8.85. The Morgan fingerprint density at radius 1 is 0.950 bits per heavy atom. The van der Waals surface area contributed by atoms with Crippen LogP contribution in [0.25, 0.3) is 10.8 Å². The zero-order valence-corrected chi connectivity index (χ0v) is 22.8. The lowest BCUT2D eigenvalue weighted by Gasteiger charge is -2.37. The van der Waals surface area contributed by atoms with Gasteiger partial charge in [0.1, 0.15) is 17.6 Å². The van der Waals surface area contributed by atoms with E-state index in [1.165, 1.54) is 0 Å². The van der Waals surface area contributed by atoms with Gasteiger partial charge in [-0.05, 0) is 61.9 Å². The molecule has 1 N–H and O–H groups in total. The van der Waals surface area contributed by atoms with Crippen LogP contribution in [0.4, 0.5) is 5.69 Å². The number of nitrogens with zero attached hydrogens (tertiary/aromatic N) is 2. The Balaban J connectivity index is 1.44. The zero-order chi connectivity index (χ0) is 27.9. The quantitative estimate of drug-likeness (QED) is 0.338. The molecular weight excluding hydrogens is 508 g/mol. The van der Waals surface area contributed by atoms with Crippen LogP contribution < -0.4 is 4.90 Å². The summed E-state index contributed by atoms with van der Waals surface area (Å²) in [6.07, 6.45) is 11.0. The van der Waals surface area contributed by atoms with Gasteiger partial charge in [-0.15, -0.1) is 0 Å². The maximum Gasteiger partial charge on any atom is 0.313 e. The number of esters is 1. The van der Waals surface area contributed by atoms with Crippen LogP contribution in [0.2, 0.25) is 0 Å². The third-order valence-corrected chi connectivity index (χ3v) is 8.85. The molecule has 0 radical (unpaired) electrons. The van der Waals surface area contributed by atoms with E-state index in [1.807, 2.05) is 73.7 Å². The summed E-state index contributed by atoms with van der Waals surface area (Å²) in [6, 6.07) is 13.0. The molecule has 4 aliphatic heterocycles. The number of hydrogen-bond donors (Lipinski definition) is 1. The van der Waals surface area contributed by atoms with E-state index < -0.39 is 35.0 Å². The molecule has 8 nitrogen and oxygen atoms in total. The molecule has 2 amide bonds. The molecular formula is C32H36N2O6. The van der Waals surface area contributed by atoms with Crippen molar-refractivity contribution in [2.75, 3.05) is 31.2 Å². The molecule has 40 heavy (non-hydrogen) atoms. The highest BCUT2D eigenvalue weighted by atomic mass is 16.6. The number of unbranched alkanes of at least 4 members (excludes halogenated alkanes) is 2. The van der Waals surface area contributed by atoms with Crippen LogP contribution in [0.1, 0.15) is 39.0 Å². The van der Waals surface area contributed by atoms with E-state index in [-0.39, 0.29) is 25.0 Å². The predicted octanol–water partition coefficient (Wildman–Crippen LogP) is 3.77. The average molecular weight is 545 g/mol. The fourth-order valence-electron chi connectivity index (χ4n) is 7.02. The number of anilines is 1. The van der Waals surface area contributed by atoms with Gasteiger partial charge in [-0.2, -0.15) is 0 Å². The molecule has 2 saturated heterocycles. The molecule has 4 heterocycles. The normalized spacial score (nSPS) is 32.5. The Morgan fingerprint density at radius 3 is 2.60 bits per heavy atom. The SMILES string of the molecule is C[C@]12/C=C\CCCOC(=O)[C@H]1[C@H]1C(=O)N(CCCCCO)C3C(=O)N(c4ccc5ccccc5c4)CC=C[C@@]31O2. The molecule has 0 saturated carbocycles. The lowest BCUT2D eigenvalue weighted by atomic mass is 9.74. The zero-order valence-electron chi connectivity index (χ0n) is 22.8. The second-order valence-corrected chi connectivity index (χ2v) is 11.4. The number of ether oxygens (including phenoxy) is 2. The Morgan fingerprint density at radius 2 is 1.77 bits per heavy atom. The van der Waals surface area contributed by atoms with Crippen molar-refractivity contribution in [2.45, 2.75) is 56.3 Å². The van der Waals surface area contributed by atoms with Gasteiger partial charge in [0.05, 0.1) is 18.1 Å². The van der Waals surface area contributed by atoms with Gasteiger partial charge in [-0.25, -0.2) is 0 Å². The minimum atomic E-state index is -1.31. The lowest BCUT2D eigenvalue weighted by Crippen LogP contribution is -2.56. The van der Waals surface area contributed by atoms with Crippen LogP contribution in [0.3, 0.4) is 0 Å². The summed E-state index contributed by atoms with van der Waals surface area (Å²) in [5.41, 5.74) is -1.66. The number of benzene rings is 2. The van der Waals surface area contributed by atoms with E-state index in [1.54, 1.807) is 9.80 Å². The van der Waals surface area contributed by atoms with Crippen LogP contribution in [0.5, 0.6) is 0 Å². The topological polar surface area (TPSA) is 96.4 Å². The second-order valence-electron chi connectivity index (χ2n) is 11.4. The van der Waals surface area contributed by atoms with Gasteiger partial charge in [0.25, 0.3) is 5.91 Å². The first-order chi connectivity index (χ1) is 19.4. The number of hydrogen-bond acceptors (Lipinski definition) is 6. The number of aliphatic hydroxyl groups excluding tert-OH is 1. The van der Waals surface area contributed by atoms with Crippen LogP contribution in [-0.4, -0.2) is 71.3 Å². The number of allylic oxidation sites excluding steroid dienone is 1. The van der Waals surface area contributed by atoms with Crippen molar-refractivity contribution in [3.05, 3.63) is 66.8 Å². The largest absolute Gasteiger partial charge is 0.465 e. The predicted molar refractivity (Wildman–Crippen MR) is 150 cm³/mol. The van der Waals surface area contributed by atoms with E-state index in [0.717, 1.165) is 29.3 Å². The number of likely N-dealkylation sites (tertiary alicyclic amines) is 1. The fraction of sp³-hybridized carbons (Fsp3) is 0.469. The molecule has 6 rings (SSSR count). The minimum absolute atomic E-state index is 0.0725. The van der Waals surface area contributed by atoms with Gasteiger partial charge in [0.15, 0.2) is 0 Å². The number of aliphatic hydroxyl groups is 1. The molecule has 2 aromatic rings. The standard InChI is InChI=1S/C32H36N2O6/c1-31-15-6-2-9-20-39-30(38)26(31)25-28(36)34(17-7-3-8-19-35)27-29(37)33(18-10-16-32(25,27)40-31)24-14-13-22-11-4-5-12-23(22)21-24/h4-6,10-16,21,25-27,35H,2-3,7-9,17-20H2,1H3/b15-6-/t25-,26+,27?,31-,32-/m0/s1. The number of amides is 2. The lowest BCUT2D eigenvalue weighted by molar-refractivity contribution is -0.158. The van der Waals surface area contributed by atoms with Crippen LogP contribution in [-0.2, 0) is 23.9 Å². The monoisotopic (exact) mass is 544 g/mol. The third kappa shape index (κ3) is 4.25. The van der Waals surface area contributed by atoms with E-state index in [2.05, 4.69) is 0 Å². The van der Waals surface area contributed by atoms with E-state index in [0.29, 0.717) is 32.4 Å². The molecule has 2 aromatic carbocycles. The molecule has 8 heteroatoms. The van der Waals surface area contributed by atoms with E-state index >= 15 is 0 Å². The minimum Gasteiger partial charge on any atom is -0.465 e. The van der Waals surface area contributed by atoms with Gasteiger partial charge in [-0.1, -0.05) is 54.6 Å². The Kier molecular flexibility index (Phi) is 7.00. The summed E-state index contributed by atoms with van der Waals surface area (Å²) >= 11 is 0. The highest BCUT2D eigenvalue weighted by molar-refractivity contribution is 6.06. The highest BCUT2D eigenvalue weighted by Crippen LogP contribution is 2.57. The van der Waals surface area contributed by atoms with Crippen molar-refractivity contribution < 1.29 is 29.0 Å².